The van der Waals surface area contributed by atoms with Gasteiger partial charge in [0.05, 0.1) is 26.4 Å². The molecule has 516 valence electrons. The van der Waals surface area contributed by atoms with Crippen molar-refractivity contribution in [1.82, 2.24) is 0 Å². The summed E-state index contributed by atoms with van der Waals surface area (Å²) in [5, 5.41) is 10.6. The van der Waals surface area contributed by atoms with Crippen LogP contribution < -0.4 is 0 Å². The Balaban J connectivity index is 5.24. The van der Waals surface area contributed by atoms with Crippen LogP contribution in [-0.2, 0) is 65.4 Å². The SMILES string of the molecule is CC(C)CCCCCCCCCCCCCCCC(=O)O[C@H](COC(=O)CCCCCCCCCCCC(C)C)COP(=O)(O)OC[C@@H](O)COP(=O)(O)OC[C@@H](COC(=O)CCCCCCCCC(C)C)OC(=O)CCCCCCCCCC(C)C. The summed E-state index contributed by atoms with van der Waals surface area (Å²) in [6, 6.07) is 0. The van der Waals surface area contributed by atoms with E-state index in [-0.39, 0.29) is 25.7 Å². The molecular weight excluding hydrogens is 1150 g/mol. The molecule has 0 aromatic heterocycles. The lowest BCUT2D eigenvalue weighted by molar-refractivity contribution is -0.161. The Morgan fingerprint density at radius 3 is 0.713 bits per heavy atom. The first-order valence-corrected chi connectivity index (χ1v) is 38.2. The summed E-state index contributed by atoms with van der Waals surface area (Å²) in [5.41, 5.74) is 0. The molecule has 0 radical (unpaired) electrons. The average molecular weight is 1280 g/mol. The number of esters is 4. The van der Waals surface area contributed by atoms with Crippen LogP contribution in [0.2, 0.25) is 0 Å². The van der Waals surface area contributed by atoms with Crippen LogP contribution in [0.25, 0.3) is 0 Å². The van der Waals surface area contributed by atoms with Crippen molar-refractivity contribution in [2.24, 2.45) is 23.7 Å². The van der Waals surface area contributed by atoms with Gasteiger partial charge in [0.2, 0.25) is 0 Å². The number of aliphatic hydroxyl groups is 1. The molecule has 0 amide bonds. The van der Waals surface area contributed by atoms with Gasteiger partial charge in [0.25, 0.3) is 0 Å². The number of unbranched alkanes of at least 4 members (excludes halogenated alkanes) is 31. The summed E-state index contributed by atoms with van der Waals surface area (Å²) < 4.78 is 68.1. The lowest BCUT2D eigenvalue weighted by Gasteiger charge is -2.21. The fourth-order valence-electron chi connectivity index (χ4n) is 10.1. The van der Waals surface area contributed by atoms with E-state index in [1.165, 1.54) is 128 Å². The highest BCUT2D eigenvalue weighted by Crippen LogP contribution is 2.45. The molecule has 0 aliphatic heterocycles. The first-order valence-electron chi connectivity index (χ1n) is 35.2. The number of hydrogen-bond acceptors (Lipinski definition) is 15. The summed E-state index contributed by atoms with van der Waals surface area (Å²) in [6.07, 6.45) is 39.2. The summed E-state index contributed by atoms with van der Waals surface area (Å²) in [6.45, 7) is 14.0. The minimum Gasteiger partial charge on any atom is -0.462 e. The van der Waals surface area contributed by atoms with Gasteiger partial charge in [-0.05, 0) is 49.4 Å². The highest BCUT2D eigenvalue weighted by molar-refractivity contribution is 7.47. The quantitative estimate of drug-likeness (QED) is 0.0222. The standard InChI is InChI=1S/C68H132O17P2/c1-58(2)44-36-28-20-15-12-10-9-11-13-17-24-34-42-50-67(72)84-63(54-78-65(70)48-40-32-23-18-14-16-21-29-37-45-59(3)4)56-82-86(74,75)80-52-62(69)53-81-87(76,77)83-57-64(55-79-66(71)49-41-33-27-26-31-39-47-61(7)8)85-68(73)51-43-35-25-19-22-30-38-46-60(5)6/h58-64,69H,9-57H2,1-8H3,(H,74,75)(H,76,77)/t62-,63-,64-/m1/s1. The monoisotopic (exact) mass is 1280 g/mol. The first-order chi connectivity index (χ1) is 41.6. The molecule has 0 fully saturated rings. The van der Waals surface area contributed by atoms with Crippen LogP contribution in [0.15, 0.2) is 0 Å². The second kappa shape index (κ2) is 57.9. The van der Waals surface area contributed by atoms with Crippen molar-refractivity contribution in [2.45, 2.75) is 350 Å². The molecule has 2 unspecified atom stereocenters. The van der Waals surface area contributed by atoms with Gasteiger partial charge >= 0.3 is 39.5 Å². The number of rotatable bonds is 65. The predicted molar refractivity (Wildman–Crippen MR) is 349 cm³/mol. The molecule has 0 spiro atoms. The number of ether oxygens (including phenoxy) is 4. The number of phosphoric acid groups is 2. The van der Waals surface area contributed by atoms with Gasteiger partial charge in [0.15, 0.2) is 12.2 Å². The zero-order valence-electron chi connectivity index (χ0n) is 56.6. The van der Waals surface area contributed by atoms with E-state index in [2.05, 4.69) is 55.4 Å². The zero-order valence-corrected chi connectivity index (χ0v) is 58.4. The lowest BCUT2D eigenvalue weighted by Crippen LogP contribution is -2.30. The Labute approximate surface area is 530 Å². The topological polar surface area (TPSA) is 237 Å². The summed E-state index contributed by atoms with van der Waals surface area (Å²) >= 11 is 0. The molecule has 0 aromatic carbocycles. The fraction of sp³-hybridized carbons (Fsp3) is 0.941. The average Bonchev–Trinajstić information content (AvgIpc) is 3.66. The molecule has 0 heterocycles. The molecule has 17 nitrogen and oxygen atoms in total. The van der Waals surface area contributed by atoms with Crippen LogP contribution in [-0.4, -0.2) is 96.7 Å². The predicted octanol–water partition coefficient (Wildman–Crippen LogP) is 18.9. The van der Waals surface area contributed by atoms with E-state index >= 15 is 0 Å². The van der Waals surface area contributed by atoms with Crippen molar-refractivity contribution in [3.05, 3.63) is 0 Å². The summed E-state index contributed by atoms with van der Waals surface area (Å²) in [5.74, 6) is 0.770. The smallest absolute Gasteiger partial charge is 0.462 e. The maximum atomic E-state index is 13.0. The van der Waals surface area contributed by atoms with Crippen molar-refractivity contribution in [3.8, 4) is 0 Å². The van der Waals surface area contributed by atoms with Crippen LogP contribution in [0.4, 0.5) is 0 Å². The van der Waals surface area contributed by atoms with Crippen molar-refractivity contribution in [2.75, 3.05) is 39.6 Å². The highest BCUT2D eigenvalue weighted by Gasteiger charge is 2.30. The molecule has 0 aromatic rings. The summed E-state index contributed by atoms with van der Waals surface area (Å²) in [7, 11) is -9.90. The molecule has 87 heavy (non-hydrogen) atoms. The van der Waals surface area contributed by atoms with Gasteiger partial charge in [0.1, 0.15) is 19.3 Å². The number of carbonyl (C=O) groups excluding carboxylic acids is 4. The number of phosphoric ester groups is 2. The van der Waals surface area contributed by atoms with Gasteiger partial charge < -0.3 is 33.8 Å². The fourth-order valence-corrected chi connectivity index (χ4v) is 11.7. The minimum atomic E-state index is -4.95. The van der Waals surface area contributed by atoms with Gasteiger partial charge in [-0.15, -0.1) is 0 Å². The lowest BCUT2D eigenvalue weighted by atomic mass is 10.0. The van der Waals surface area contributed by atoms with E-state index < -0.39 is 97.5 Å². The number of carbonyl (C=O) groups is 4. The van der Waals surface area contributed by atoms with Crippen molar-refractivity contribution in [3.63, 3.8) is 0 Å². The molecular formula is C68H132O17P2. The Morgan fingerprint density at radius 1 is 0.287 bits per heavy atom. The number of hydrogen-bond donors (Lipinski definition) is 3. The second-order valence-corrected chi connectivity index (χ2v) is 29.4. The van der Waals surface area contributed by atoms with Crippen molar-refractivity contribution in [1.29, 1.82) is 0 Å². The normalized spacial score (nSPS) is 14.3. The van der Waals surface area contributed by atoms with Crippen LogP contribution in [0.3, 0.4) is 0 Å². The number of aliphatic hydroxyl groups excluding tert-OH is 1. The molecule has 19 heteroatoms. The molecule has 0 bridgehead atoms. The molecule has 0 saturated carbocycles. The zero-order chi connectivity index (χ0) is 64.7. The van der Waals surface area contributed by atoms with Crippen LogP contribution in [0.5, 0.6) is 0 Å². The van der Waals surface area contributed by atoms with E-state index in [1.807, 2.05) is 0 Å². The van der Waals surface area contributed by atoms with E-state index in [1.54, 1.807) is 0 Å². The minimum absolute atomic E-state index is 0.102. The Hall–Kier alpha value is -1.94. The Morgan fingerprint density at radius 2 is 0.483 bits per heavy atom. The van der Waals surface area contributed by atoms with E-state index in [0.717, 1.165) is 108 Å². The third-order valence-corrected chi connectivity index (χ3v) is 17.5. The molecule has 5 atom stereocenters. The summed E-state index contributed by atoms with van der Waals surface area (Å²) in [4.78, 5) is 72.4. The van der Waals surface area contributed by atoms with Crippen molar-refractivity contribution < 1.29 is 80.2 Å². The maximum absolute atomic E-state index is 13.0. The van der Waals surface area contributed by atoms with Gasteiger partial charge in [-0.1, -0.05) is 280 Å². The molecule has 0 aliphatic carbocycles. The van der Waals surface area contributed by atoms with Crippen LogP contribution in [0, 0.1) is 23.7 Å². The van der Waals surface area contributed by atoms with E-state index in [9.17, 15) is 43.2 Å². The van der Waals surface area contributed by atoms with Gasteiger partial charge in [0, 0.05) is 25.7 Å². The Bertz CT molecular complexity index is 1730. The van der Waals surface area contributed by atoms with Gasteiger partial charge in [-0.3, -0.25) is 37.3 Å². The Kier molecular flexibility index (Phi) is 56.6. The van der Waals surface area contributed by atoms with Gasteiger partial charge in [-0.25, -0.2) is 9.13 Å². The third kappa shape index (κ3) is 62.6. The largest absolute Gasteiger partial charge is 0.472 e. The molecule has 0 saturated heterocycles. The van der Waals surface area contributed by atoms with Crippen LogP contribution >= 0.6 is 15.6 Å². The van der Waals surface area contributed by atoms with Gasteiger partial charge in [-0.2, -0.15) is 0 Å². The van der Waals surface area contributed by atoms with E-state index in [4.69, 9.17) is 37.0 Å². The molecule has 0 aliphatic rings. The van der Waals surface area contributed by atoms with Crippen molar-refractivity contribution >= 4 is 39.5 Å². The highest BCUT2D eigenvalue weighted by atomic mass is 31.2. The maximum Gasteiger partial charge on any atom is 0.472 e. The molecule has 0 rings (SSSR count). The van der Waals surface area contributed by atoms with E-state index in [0.29, 0.717) is 37.5 Å². The second-order valence-electron chi connectivity index (χ2n) is 26.5. The van der Waals surface area contributed by atoms with Crippen LogP contribution in [0.1, 0.15) is 331 Å². The first kappa shape index (κ1) is 85.1. The molecule has 3 N–H and O–H groups in total. The third-order valence-electron chi connectivity index (χ3n) is 15.6.